The van der Waals surface area contributed by atoms with Gasteiger partial charge in [-0.3, -0.25) is 9.80 Å². The Kier molecular flexibility index (Phi) is 5.63. The number of nitrogens with zero attached hydrogens (tertiary/aromatic N) is 2. The maximum atomic E-state index is 9.00. The number of hydrogen-bond donors (Lipinski definition) is 2. The van der Waals surface area contributed by atoms with Crippen LogP contribution in [0.3, 0.4) is 0 Å². The minimum atomic E-state index is 0.251. The van der Waals surface area contributed by atoms with E-state index in [1.165, 1.54) is 5.56 Å². The van der Waals surface area contributed by atoms with Crippen molar-refractivity contribution in [1.82, 2.24) is 9.80 Å². The summed E-state index contributed by atoms with van der Waals surface area (Å²) >= 11 is 3.57. The number of anilines is 1. The molecule has 0 unspecified atom stereocenters. The van der Waals surface area contributed by atoms with Crippen molar-refractivity contribution in [3.05, 3.63) is 28.2 Å². The van der Waals surface area contributed by atoms with Gasteiger partial charge >= 0.3 is 0 Å². The number of nitrogens with two attached hydrogens (primary N) is 1. The van der Waals surface area contributed by atoms with E-state index in [4.69, 9.17) is 10.8 Å². The zero-order valence-corrected chi connectivity index (χ0v) is 12.8. The Bertz CT molecular complexity index is 414. The van der Waals surface area contributed by atoms with Crippen molar-refractivity contribution in [2.24, 2.45) is 0 Å². The van der Waals surface area contributed by atoms with E-state index < -0.39 is 0 Å². The summed E-state index contributed by atoms with van der Waals surface area (Å²) in [5.41, 5.74) is 7.96. The van der Waals surface area contributed by atoms with Gasteiger partial charge in [0.15, 0.2) is 0 Å². The number of β-amino-alcohol motifs (C(OH)–C–C–N with tert-alkyl or cyclic N) is 1. The third-order valence-corrected chi connectivity index (χ3v) is 4.57. The standard InChI is InChI=1S/C14H22BrN3O/c15-14-12(3-1-4-13(14)16)11-18-6-2-5-17(7-8-18)9-10-19/h1,3-4,19H,2,5-11,16H2. The van der Waals surface area contributed by atoms with E-state index in [0.29, 0.717) is 0 Å². The molecule has 1 saturated heterocycles. The van der Waals surface area contributed by atoms with Crippen molar-refractivity contribution in [2.45, 2.75) is 13.0 Å². The molecule has 2 rings (SSSR count). The van der Waals surface area contributed by atoms with Crippen LogP contribution in [-0.2, 0) is 6.54 Å². The molecule has 4 nitrogen and oxygen atoms in total. The van der Waals surface area contributed by atoms with Gasteiger partial charge in [-0.05, 0) is 47.1 Å². The summed E-state index contributed by atoms with van der Waals surface area (Å²) in [6.45, 7) is 6.22. The monoisotopic (exact) mass is 327 g/mol. The second-order valence-corrected chi connectivity index (χ2v) is 5.81. The predicted molar refractivity (Wildman–Crippen MR) is 82.0 cm³/mol. The first-order chi connectivity index (χ1) is 9.20. The first kappa shape index (κ1) is 14.8. The average Bonchev–Trinajstić information content (AvgIpc) is 2.61. The van der Waals surface area contributed by atoms with Gasteiger partial charge in [-0.2, -0.15) is 0 Å². The number of aliphatic hydroxyl groups excluding tert-OH is 1. The fraction of sp³-hybridized carbons (Fsp3) is 0.571. The SMILES string of the molecule is Nc1cccc(CN2CCCN(CCO)CC2)c1Br. The molecule has 0 aromatic heterocycles. The predicted octanol–water partition coefficient (Wildman–Crippen LogP) is 1.53. The van der Waals surface area contributed by atoms with Gasteiger partial charge in [-0.25, -0.2) is 0 Å². The number of nitrogen functional groups attached to an aromatic ring is 1. The summed E-state index contributed by atoms with van der Waals surface area (Å²) in [7, 11) is 0. The molecule has 1 aliphatic rings. The molecule has 0 saturated carbocycles. The molecule has 0 aliphatic carbocycles. The summed E-state index contributed by atoms with van der Waals surface area (Å²) in [6.07, 6.45) is 1.15. The minimum absolute atomic E-state index is 0.251. The lowest BCUT2D eigenvalue weighted by Gasteiger charge is -2.22. The molecule has 0 bridgehead atoms. The summed E-state index contributed by atoms with van der Waals surface area (Å²) in [5.74, 6) is 0. The van der Waals surface area contributed by atoms with Crippen LogP contribution < -0.4 is 5.73 Å². The lowest BCUT2D eigenvalue weighted by atomic mass is 10.2. The molecule has 19 heavy (non-hydrogen) atoms. The van der Waals surface area contributed by atoms with Crippen LogP contribution in [0, 0.1) is 0 Å². The molecular weight excluding hydrogens is 306 g/mol. The Hall–Kier alpha value is -0.620. The molecule has 1 aromatic carbocycles. The van der Waals surface area contributed by atoms with Crippen molar-refractivity contribution in [1.29, 1.82) is 0 Å². The highest BCUT2D eigenvalue weighted by molar-refractivity contribution is 9.10. The maximum absolute atomic E-state index is 9.00. The molecule has 3 N–H and O–H groups in total. The van der Waals surface area contributed by atoms with Crippen LogP contribution in [0.2, 0.25) is 0 Å². The molecule has 0 radical (unpaired) electrons. The van der Waals surface area contributed by atoms with Crippen LogP contribution in [0.25, 0.3) is 0 Å². The summed E-state index contributed by atoms with van der Waals surface area (Å²) < 4.78 is 1.02. The van der Waals surface area contributed by atoms with Gasteiger partial charge < -0.3 is 10.8 Å². The highest BCUT2D eigenvalue weighted by Crippen LogP contribution is 2.25. The summed E-state index contributed by atoms with van der Waals surface area (Å²) in [5, 5.41) is 9.00. The Morgan fingerprint density at radius 2 is 1.89 bits per heavy atom. The van der Waals surface area contributed by atoms with E-state index in [2.05, 4.69) is 31.8 Å². The average molecular weight is 328 g/mol. The first-order valence-electron chi connectivity index (χ1n) is 6.79. The van der Waals surface area contributed by atoms with Crippen LogP contribution >= 0.6 is 15.9 Å². The highest BCUT2D eigenvalue weighted by atomic mass is 79.9. The fourth-order valence-electron chi connectivity index (χ4n) is 2.51. The van der Waals surface area contributed by atoms with Gasteiger partial charge in [0.05, 0.1) is 6.61 Å². The van der Waals surface area contributed by atoms with Gasteiger partial charge in [0.1, 0.15) is 0 Å². The van der Waals surface area contributed by atoms with E-state index in [-0.39, 0.29) is 6.61 Å². The normalized spacial score (nSPS) is 18.4. The molecule has 106 valence electrons. The lowest BCUT2D eigenvalue weighted by Crippen LogP contribution is -2.32. The smallest absolute Gasteiger partial charge is 0.0558 e. The van der Waals surface area contributed by atoms with Crippen LogP contribution in [-0.4, -0.2) is 54.2 Å². The van der Waals surface area contributed by atoms with E-state index >= 15 is 0 Å². The van der Waals surface area contributed by atoms with Crippen molar-refractivity contribution >= 4 is 21.6 Å². The van der Waals surface area contributed by atoms with Crippen LogP contribution in [0.1, 0.15) is 12.0 Å². The number of aliphatic hydroxyl groups is 1. The largest absolute Gasteiger partial charge is 0.398 e. The molecule has 0 atom stereocenters. The van der Waals surface area contributed by atoms with Crippen molar-refractivity contribution in [2.75, 3.05) is 45.1 Å². The minimum Gasteiger partial charge on any atom is -0.398 e. The molecule has 0 amide bonds. The third kappa shape index (κ3) is 4.18. The van der Waals surface area contributed by atoms with Crippen molar-refractivity contribution in [3.8, 4) is 0 Å². The number of benzene rings is 1. The van der Waals surface area contributed by atoms with Gasteiger partial charge in [-0.1, -0.05) is 12.1 Å². The van der Waals surface area contributed by atoms with Gasteiger partial charge in [0.25, 0.3) is 0 Å². The number of halogens is 1. The van der Waals surface area contributed by atoms with Crippen LogP contribution in [0.15, 0.2) is 22.7 Å². The first-order valence-corrected chi connectivity index (χ1v) is 7.58. The number of rotatable bonds is 4. The highest BCUT2D eigenvalue weighted by Gasteiger charge is 2.15. The second kappa shape index (κ2) is 7.24. The summed E-state index contributed by atoms with van der Waals surface area (Å²) in [6, 6.07) is 6.04. The Balaban J connectivity index is 1.94. The zero-order valence-electron chi connectivity index (χ0n) is 11.2. The molecule has 1 aliphatic heterocycles. The number of hydrogen-bond acceptors (Lipinski definition) is 4. The van der Waals surface area contributed by atoms with Gasteiger partial charge in [0.2, 0.25) is 0 Å². The Morgan fingerprint density at radius 3 is 2.68 bits per heavy atom. The van der Waals surface area contributed by atoms with E-state index in [9.17, 15) is 0 Å². The molecule has 1 fully saturated rings. The Labute approximate surface area is 123 Å². The van der Waals surface area contributed by atoms with Gasteiger partial charge in [0, 0.05) is 36.3 Å². The Morgan fingerprint density at radius 1 is 1.16 bits per heavy atom. The molecular formula is C14H22BrN3O. The van der Waals surface area contributed by atoms with Crippen LogP contribution in [0.5, 0.6) is 0 Å². The van der Waals surface area contributed by atoms with Crippen molar-refractivity contribution in [3.63, 3.8) is 0 Å². The quantitative estimate of drug-likeness (QED) is 0.823. The zero-order chi connectivity index (χ0) is 13.7. The third-order valence-electron chi connectivity index (χ3n) is 3.60. The van der Waals surface area contributed by atoms with E-state index in [1.807, 2.05) is 12.1 Å². The van der Waals surface area contributed by atoms with E-state index in [0.717, 1.165) is 55.8 Å². The molecule has 0 spiro atoms. The molecule has 5 heteroatoms. The van der Waals surface area contributed by atoms with E-state index in [1.54, 1.807) is 0 Å². The molecule has 1 aromatic rings. The second-order valence-electron chi connectivity index (χ2n) is 5.02. The van der Waals surface area contributed by atoms with Crippen molar-refractivity contribution < 1.29 is 5.11 Å². The molecule has 1 heterocycles. The van der Waals surface area contributed by atoms with Gasteiger partial charge in [-0.15, -0.1) is 0 Å². The van der Waals surface area contributed by atoms with Crippen LogP contribution in [0.4, 0.5) is 5.69 Å². The summed E-state index contributed by atoms with van der Waals surface area (Å²) in [4.78, 5) is 4.78. The lowest BCUT2D eigenvalue weighted by molar-refractivity contribution is 0.196. The maximum Gasteiger partial charge on any atom is 0.0558 e. The fourth-order valence-corrected chi connectivity index (χ4v) is 2.90. The topological polar surface area (TPSA) is 52.7 Å².